The number of carbonyl (C=O) groups excluding carboxylic acids is 4. The summed E-state index contributed by atoms with van der Waals surface area (Å²) < 4.78 is 21.2. The number of likely N-dealkylation sites (N-methyl/N-ethyl adjacent to an activating group) is 3. The molecule has 0 aromatic heterocycles. The highest BCUT2D eigenvalue weighted by Crippen LogP contribution is 1.96. The predicted octanol–water partition coefficient (Wildman–Crippen LogP) is -0.326. The fourth-order valence-electron chi connectivity index (χ4n) is 1.76. The Bertz CT molecular complexity index is 587. The molecule has 0 amide bonds. The minimum absolute atomic E-state index is 0.311. The minimum Gasteiger partial charge on any atom is -0.469 e. The molecule has 33 heavy (non-hydrogen) atoms. The molecule has 0 aliphatic rings. The van der Waals surface area contributed by atoms with Crippen molar-refractivity contribution in [2.75, 3.05) is 110 Å². The van der Waals surface area contributed by atoms with Crippen molar-refractivity contribution in [3.63, 3.8) is 0 Å². The van der Waals surface area contributed by atoms with Crippen molar-refractivity contribution in [3.8, 4) is 0 Å². The molecule has 0 saturated heterocycles. The summed E-state index contributed by atoms with van der Waals surface area (Å²) in [4.78, 5) is 44.4. The summed E-state index contributed by atoms with van der Waals surface area (Å²) in [6, 6.07) is 0. The molecular weight excluding hydrogens is 434 g/mol. The van der Waals surface area contributed by atoms with Crippen molar-refractivity contribution >= 4 is 23.9 Å². The highest BCUT2D eigenvalue weighted by atomic mass is 16.6. The molecular formula is C22H46N3O8+3. The zero-order chi connectivity index (χ0) is 26.3. The molecule has 0 aromatic carbocycles. The van der Waals surface area contributed by atoms with E-state index in [1.165, 1.54) is 7.11 Å². The standard InChI is InChI=1S/C13H28N2O4.C9H18NO4/c1-14(2,3)7-9-18-12(16)11-13(17)19-10-8-15(4,5)6;1-10(2,3)5-6-14-9(12)7-8(11)13-4/h7-11H2,1-6H3;5-7H2,1-4H3/q+2;+1. The lowest BCUT2D eigenvalue weighted by Crippen LogP contribution is -2.38. The van der Waals surface area contributed by atoms with Gasteiger partial charge in [-0.1, -0.05) is 0 Å². The van der Waals surface area contributed by atoms with E-state index in [2.05, 4.69) is 4.74 Å². The number of quaternary nitrogens is 3. The Labute approximate surface area is 198 Å². The van der Waals surface area contributed by atoms with Crippen molar-refractivity contribution in [1.82, 2.24) is 0 Å². The largest absolute Gasteiger partial charge is 0.469 e. The van der Waals surface area contributed by atoms with Gasteiger partial charge in [0.2, 0.25) is 0 Å². The van der Waals surface area contributed by atoms with Crippen LogP contribution in [0.5, 0.6) is 0 Å². The van der Waals surface area contributed by atoms with Gasteiger partial charge >= 0.3 is 23.9 Å². The van der Waals surface area contributed by atoms with Crippen LogP contribution in [0.4, 0.5) is 0 Å². The van der Waals surface area contributed by atoms with Crippen LogP contribution in [0, 0.1) is 0 Å². The molecule has 0 rings (SSSR count). The van der Waals surface area contributed by atoms with Gasteiger partial charge in [-0.05, 0) is 0 Å². The normalized spacial score (nSPS) is 11.6. The van der Waals surface area contributed by atoms with Gasteiger partial charge in [-0.15, -0.1) is 0 Å². The molecule has 11 nitrogen and oxygen atoms in total. The van der Waals surface area contributed by atoms with Gasteiger partial charge in [0.1, 0.15) is 52.3 Å². The molecule has 0 fully saturated rings. The van der Waals surface area contributed by atoms with Crippen LogP contribution in [-0.2, 0) is 38.1 Å². The molecule has 0 aromatic rings. The second-order valence-electron chi connectivity index (χ2n) is 10.6. The Kier molecular flexibility index (Phi) is 15.5. The quantitative estimate of drug-likeness (QED) is 0.153. The fraction of sp³-hybridized carbons (Fsp3) is 0.818. The number of ether oxygens (including phenoxy) is 4. The van der Waals surface area contributed by atoms with Crippen LogP contribution in [0.2, 0.25) is 0 Å². The van der Waals surface area contributed by atoms with E-state index in [0.29, 0.717) is 52.9 Å². The predicted molar refractivity (Wildman–Crippen MR) is 123 cm³/mol. The minimum atomic E-state index is -0.569. The molecule has 0 aliphatic heterocycles. The van der Waals surface area contributed by atoms with Gasteiger partial charge in [-0.3, -0.25) is 19.2 Å². The van der Waals surface area contributed by atoms with E-state index in [4.69, 9.17) is 14.2 Å². The fourth-order valence-corrected chi connectivity index (χ4v) is 1.76. The first-order valence-electron chi connectivity index (χ1n) is 10.8. The smallest absolute Gasteiger partial charge is 0.317 e. The highest BCUT2D eigenvalue weighted by Gasteiger charge is 2.16. The number of esters is 4. The van der Waals surface area contributed by atoms with Gasteiger partial charge in [-0.25, -0.2) is 0 Å². The van der Waals surface area contributed by atoms with E-state index in [1.807, 2.05) is 63.4 Å². The average molecular weight is 481 g/mol. The lowest BCUT2D eigenvalue weighted by Gasteiger charge is -2.23. The second-order valence-corrected chi connectivity index (χ2v) is 10.6. The number of methoxy groups -OCH3 is 1. The molecule has 0 aliphatic carbocycles. The molecule has 0 spiro atoms. The van der Waals surface area contributed by atoms with Gasteiger partial charge in [0.05, 0.1) is 70.5 Å². The number of hydrogen-bond donors (Lipinski definition) is 0. The third kappa shape index (κ3) is 27.7. The van der Waals surface area contributed by atoms with E-state index >= 15 is 0 Å². The second kappa shape index (κ2) is 15.6. The van der Waals surface area contributed by atoms with E-state index < -0.39 is 23.9 Å². The van der Waals surface area contributed by atoms with Gasteiger partial charge in [0.15, 0.2) is 0 Å². The van der Waals surface area contributed by atoms with Crippen LogP contribution in [0.25, 0.3) is 0 Å². The van der Waals surface area contributed by atoms with Gasteiger partial charge in [-0.2, -0.15) is 0 Å². The molecule has 0 N–H and O–H groups in total. The van der Waals surface area contributed by atoms with Crippen molar-refractivity contribution in [1.29, 1.82) is 0 Å². The molecule has 11 heteroatoms. The molecule has 0 heterocycles. The summed E-state index contributed by atoms with van der Waals surface area (Å²) in [7, 11) is 19.3. The van der Waals surface area contributed by atoms with E-state index in [-0.39, 0.29) is 12.8 Å². The SMILES string of the molecule is COC(=O)CC(=O)OCC[N+](C)(C)C.C[N+](C)(C)CCOC(=O)CC(=O)OCC[N+](C)(C)C. The van der Waals surface area contributed by atoms with E-state index in [1.54, 1.807) is 0 Å². The van der Waals surface area contributed by atoms with Gasteiger partial charge in [0, 0.05) is 0 Å². The maximum Gasteiger partial charge on any atom is 0.317 e. The van der Waals surface area contributed by atoms with Crippen molar-refractivity contribution in [2.24, 2.45) is 0 Å². The van der Waals surface area contributed by atoms with Crippen LogP contribution in [0.15, 0.2) is 0 Å². The third-order valence-electron chi connectivity index (χ3n) is 3.88. The van der Waals surface area contributed by atoms with Crippen LogP contribution < -0.4 is 0 Å². The summed E-state index contributed by atoms with van der Waals surface area (Å²) in [6.45, 7) is 3.08. The van der Waals surface area contributed by atoms with Gasteiger partial charge in [0.25, 0.3) is 0 Å². The van der Waals surface area contributed by atoms with Gasteiger partial charge < -0.3 is 32.4 Å². The van der Waals surface area contributed by atoms with Crippen LogP contribution >= 0.6 is 0 Å². The maximum absolute atomic E-state index is 11.4. The topological polar surface area (TPSA) is 105 Å². The Morgan fingerprint density at radius 3 is 0.939 bits per heavy atom. The van der Waals surface area contributed by atoms with Crippen LogP contribution in [-0.4, -0.2) is 147 Å². The molecule has 0 unspecified atom stereocenters. The highest BCUT2D eigenvalue weighted by molar-refractivity contribution is 5.91. The Hall–Kier alpha value is -2.24. The Morgan fingerprint density at radius 1 is 0.485 bits per heavy atom. The summed E-state index contributed by atoms with van der Waals surface area (Å²) in [5.74, 6) is -2.15. The van der Waals surface area contributed by atoms with Crippen LogP contribution in [0.1, 0.15) is 12.8 Å². The van der Waals surface area contributed by atoms with Crippen molar-refractivity contribution < 1.29 is 51.6 Å². The summed E-state index contributed by atoms with van der Waals surface area (Å²) in [5, 5.41) is 0. The first-order chi connectivity index (χ1) is 14.8. The Balaban J connectivity index is 0. The van der Waals surface area contributed by atoms with E-state index in [0.717, 1.165) is 0 Å². The first kappa shape index (κ1) is 32.9. The summed E-state index contributed by atoms with van der Waals surface area (Å²) in [5.41, 5.74) is 0. The van der Waals surface area contributed by atoms with Crippen molar-refractivity contribution in [2.45, 2.75) is 12.8 Å². The zero-order valence-electron chi connectivity index (χ0n) is 22.3. The third-order valence-corrected chi connectivity index (χ3v) is 3.88. The molecule has 0 radical (unpaired) electrons. The lowest BCUT2D eigenvalue weighted by molar-refractivity contribution is -0.870. The molecule has 0 bridgehead atoms. The zero-order valence-corrected chi connectivity index (χ0v) is 22.3. The number of hydrogen-bond acceptors (Lipinski definition) is 8. The maximum atomic E-state index is 11.4. The van der Waals surface area contributed by atoms with Crippen LogP contribution in [0.3, 0.4) is 0 Å². The first-order valence-corrected chi connectivity index (χ1v) is 10.8. The lowest BCUT2D eigenvalue weighted by atomic mass is 10.4. The average Bonchev–Trinajstić information content (AvgIpc) is 2.58. The summed E-state index contributed by atoms with van der Waals surface area (Å²) >= 11 is 0. The Morgan fingerprint density at radius 2 is 0.727 bits per heavy atom. The van der Waals surface area contributed by atoms with E-state index in [9.17, 15) is 19.2 Å². The monoisotopic (exact) mass is 480 g/mol. The molecule has 194 valence electrons. The van der Waals surface area contributed by atoms with Crippen molar-refractivity contribution in [3.05, 3.63) is 0 Å². The molecule has 0 atom stereocenters. The number of carbonyl (C=O) groups is 4. The number of nitrogens with zero attached hydrogens (tertiary/aromatic N) is 3. The molecule has 0 saturated carbocycles. The summed E-state index contributed by atoms with van der Waals surface area (Å²) in [6.07, 6.45) is -0.623. The number of rotatable bonds is 13.